The second-order valence-corrected chi connectivity index (χ2v) is 12.9. The second kappa shape index (κ2) is 8.16. The van der Waals surface area contributed by atoms with E-state index in [4.69, 9.17) is 0 Å². The molecule has 0 amide bonds. The van der Waals surface area contributed by atoms with Crippen LogP contribution in [0.15, 0.2) is 115 Å². The van der Waals surface area contributed by atoms with Gasteiger partial charge in [0.1, 0.15) is 0 Å². The maximum atomic E-state index is 2.71. The standard InChI is InChI=1S/C38H33BN2/c1-37-22-11-12-23-38(37,2)41(27-16-7-4-8-17-27)34-25-35-32(24-30(34)37)39(26-14-5-3-6-15-26)31-20-13-19-29-28-18-9-10-21-33(28)40(35)36(29)31/h3-10,13-21,24-25H,11-12,22-23H2,1-2H3. The third kappa shape index (κ3) is 2.89. The average molecular weight is 529 g/mol. The van der Waals surface area contributed by atoms with Crippen LogP contribution < -0.4 is 21.3 Å². The van der Waals surface area contributed by atoms with E-state index in [1.54, 1.807) is 0 Å². The molecule has 1 fully saturated rings. The van der Waals surface area contributed by atoms with E-state index >= 15 is 0 Å². The zero-order valence-corrected chi connectivity index (χ0v) is 23.8. The molecule has 0 saturated heterocycles. The summed E-state index contributed by atoms with van der Waals surface area (Å²) in [5.74, 6) is 0. The van der Waals surface area contributed by atoms with E-state index in [9.17, 15) is 0 Å². The van der Waals surface area contributed by atoms with Crippen molar-refractivity contribution in [1.29, 1.82) is 0 Å². The molecule has 2 atom stereocenters. The molecule has 6 aromatic rings. The van der Waals surface area contributed by atoms with E-state index < -0.39 is 0 Å². The summed E-state index contributed by atoms with van der Waals surface area (Å²) in [5.41, 5.74) is 12.5. The summed E-state index contributed by atoms with van der Waals surface area (Å²) in [6, 6.07) is 43.4. The third-order valence-electron chi connectivity index (χ3n) is 11.0. The van der Waals surface area contributed by atoms with Crippen molar-refractivity contribution in [3.63, 3.8) is 0 Å². The van der Waals surface area contributed by atoms with Gasteiger partial charge in [0.25, 0.3) is 0 Å². The number of benzene rings is 5. The molecular weight excluding hydrogens is 495 g/mol. The third-order valence-corrected chi connectivity index (χ3v) is 11.0. The maximum absolute atomic E-state index is 2.71. The van der Waals surface area contributed by atoms with E-state index in [2.05, 4.69) is 139 Å². The first-order chi connectivity index (χ1) is 20.1. The lowest BCUT2D eigenvalue weighted by Gasteiger charge is -2.50. The van der Waals surface area contributed by atoms with Crippen molar-refractivity contribution in [1.82, 2.24) is 4.57 Å². The van der Waals surface area contributed by atoms with Crippen LogP contribution in [-0.4, -0.2) is 16.8 Å². The number of rotatable bonds is 2. The summed E-state index contributed by atoms with van der Waals surface area (Å²) < 4.78 is 2.57. The van der Waals surface area contributed by atoms with Crippen molar-refractivity contribution < 1.29 is 0 Å². The molecule has 3 heterocycles. The van der Waals surface area contributed by atoms with Gasteiger partial charge in [0.15, 0.2) is 0 Å². The van der Waals surface area contributed by atoms with Gasteiger partial charge in [-0.2, -0.15) is 0 Å². The highest BCUT2D eigenvalue weighted by atomic mass is 15.3. The number of aromatic nitrogens is 1. The van der Waals surface area contributed by atoms with Gasteiger partial charge >= 0.3 is 0 Å². The zero-order valence-electron chi connectivity index (χ0n) is 23.8. The fraction of sp³-hybridized carbons (Fsp3) is 0.211. The van der Waals surface area contributed by atoms with Gasteiger partial charge in [0.2, 0.25) is 6.71 Å². The highest BCUT2D eigenvalue weighted by Gasteiger charge is 2.58. The summed E-state index contributed by atoms with van der Waals surface area (Å²) >= 11 is 0. The highest BCUT2D eigenvalue weighted by molar-refractivity contribution is 6.98. The number of nitrogens with zero attached hydrogens (tertiary/aromatic N) is 2. The van der Waals surface area contributed by atoms with Crippen LogP contribution in [0.2, 0.25) is 0 Å². The lowest BCUT2D eigenvalue weighted by molar-refractivity contribution is 0.195. The Morgan fingerprint density at radius 3 is 2.17 bits per heavy atom. The topological polar surface area (TPSA) is 8.17 Å². The Balaban J connectivity index is 1.43. The summed E-state index contributed by atoms with van der Waals surface area (Å²) in [4.78, 5) is 2.71. The van der Waals surface area contributed by atoms with E-state index in [1.807, 2.05) is 0 Å². The monoisotopic (exact) mass is 528 g/mol. The fourth-order valence-electron chi connectivity index (χ4n) is 8.89. The highest BCUT2D eigenvalue weighted by Crippen LogP contribution is 2.61. The number of hydrogen-bond acceptors (Lipinski definition) is 1. The predicted octanol–water partition coefficient (Wildman–Crippen LogP) is 7.36. The van der Waals surface area contributed by atoms with Gasteiger partial charge in [-0.15, -0.1) is 0 Å². The molecule has 3 aliphatic rings. The number of hydrogen-bond donors (Lipinski definition) is 0. The van der Waals surface area contributed by atoms with Gasteiger partial charge < -0.3 is 9.47 Å². The lowest BCUT2D eigenvalue weighted by Crippen LogP contribution is -2.56. The molecule has 9 rings (SSSR count). The van der Waals surface area contributed by atoms with Crippen molar-refractivity contribution in [2.45, 2.75) is 50.5 Å². The lowest BCUT2D eigenvalue weighted by atomic mass is 9.35. The molecule has 2 aliphatic heterocycles. The van der Waals surface area contributed by atoms with E-state index in [1.165, 1.54) is 86.5 Å². The minimum absolute atomic E-state index is 0.0298. The van der Waals surface area contributed by atoms with Crippen LogP contribution in [0.1, 0.15) is 45.1 Å². The molecule has 0 spiro atoms. The van der Waals surface area contributed by atoms with Crippen LogP contribution in [0.5, 0.6) is 0 Å². The Kier molecular flexibility index (Phi) is 4.67. The second-order valence-electron chi connectivity index (χ2n) is 12.9. The van der Waals surface area contributed by atoms with Crippen molar-refractivity contribution in [3.8, 4) is 5.69 Å². The average Bonchev–Trinajstić information content (AvgIpc) is 3.45. The molecule has 1 aromatic heterocycles. The minimum Gasteiger partial charge on any atom is -0.334 e. The Labute approximate surface area is 242 Å². The molecule has 1 aliphatic carbocycles. The Hall–Kier alpha value is -4.24. The Bertz CT molecular complexity index is 1990. The first-order valence-corrected chi connectivity index (χ1v) is 15.2. The predicted molar refractivity (Wildman–Crippen MR) is 175 cm³/mol. The molecule has 2 nitrogen and oxygen atoms in total. The van der Waals surface area contributed by atoms with Gasteiger partial charge in [0.05, 0.1) is 11.1 Å². The normalized spacial score (nSPS) is 22.6. The molecule has 41 heavy (non-hydrogen) atoms. The van der Waals surface area contributed by atoms with Crippen LogP contribution in [0.25, 0.3) is 27.5 Å². The van der Waals surface area contributed by atoms with Gasteiger partial charge in [0, 0.05) is 38.8 Å². The molecular formula is C38H33BN2. The number of fused-ring (bicyclic) bond motifs is 8. The van der Waals surface area contributed by atoms with Gasteiger partial charge in [-0.3, -0.25) is 0 Å². The minimum atomic E-state index is 0.0298. The first kappa shape index (κ1) is 23.5. The molecule has 0 bridgehead atoms. The molecule has 5 aromatic carbocycles. The van der Waals surface area contributed by atoms with Crippen molar-refractivity contribution >= 4 is 56.3 Å². The zero-order chi connectivity index (χ0) is 27.3. The molecule has 3 heteroatoms. The van der Waals surface area contributed by atoms with Crippen LogP contribution >= 0.6 is 0 Å². The van der Waals surface area contributed by atoms with Crippen LogP contribution in [0, 0.1) is 0 Å². The first-order valence-electron chi connectivity index (χ1n) is 15.2. The van der Waals surface area contributed by atoms with Gasteiger partial charge in [-0.1, -0.05) is 116 Å². The van der Waals surface area contributed by atoms with Crippen LogP contribution in [-0.2, 0) is 5.41 Å². The van der Waals surface area contributed by atoms with Crippen molar-refractivity contribution in [2.75, 3.05) is 4.90 Å². The van der Waals surface area contributed by atoms with Crippen molar-refractivity contribution in [2.24, 2.45) is 0 Å². The summed E-state index contributed by atoms with van der Waals surface area (Å²) in [6.07, 6.45) is 5.00. The number of para-hydroxylation sites is 3. The molecule has 1 saturated carbocycles. The largest absolute Gasteiger partial charge is 0.334 e. The SMILES string of the molecule is CC12CCCCC1(C)N(c1ccccc1)c1cc3c(cc12)B(c1ccccc1)c1cccc2c4ccccc4n-3c12. The fourth-order valence-corrected chi connectivity index (χ4v) is 8.89. The van der Waals surface area contributed by atoms with Crippen LogP contribution in [0.4, 0.5) is 11.4 Å². The van der Waals surface area contributed by atoms with E-state index in [0.717, 1.165) is 0 Å². The Morgan fingerprint density at radius 1 is 0.634 bits per heavy atom. The smallest absolute Gasteiger partial charge is 0.246 e. The molecule has 198 valence electrons. The van der Waals surface area contributed by atoms with Crippen LogP contribution in [0.3, 0.4) is 0 Å². The van der Waals surface area contributed by atoms with E-state index in [-0.39, 0.29) is 17.7 Å². The molecule has 0 N–H and O–H groups in total. The summed E-state index contributed by atoms with van der Waals surface area (Å²) in [7, 11) is 0. The molecule has 0 radical (unpaired) electrons. The summed E-state index contributed by atoms with van der Waals surface area (Å²) in [6.45, 7) is 5.28. The van der Waals surface area contributed by atoms with Gasteiger partial charge in [-0.25, -0.2) is 0 Å². The maximum Gasteiger partial charge on any atom is 0.246 e. The summed E-state index contributed by atoms with van der Waals surface area (Å²) in [5, 5.41) is 2.68. The van der Waals surface area contributed by atoms with E-state index in [0.29, 0.717) is 0 Å². The Morgan fingerprint density at radius 2 is 1.34 bits per heavy atom. The van der Waals surface area contributed by atoms with Gasteiger partial charge in [-0.05, 0) is 60.5 Å². The quantitative estimate of drug-likeness (QED) is 0.213. The molecule has 2 unspecified atom stereocenters. The number of anilines is 2. The van der Waals surface area contributed by atoms with Crippen molar-refractivity contribution in [3.05, 3.63) is 121 Å².